The number of hydrogen-bond donors (Lipinski definition) is 1. The van der Waals surface area contributed by atoms with E-state index in [0.29, 0.717) is 11.4 Å². The first-order valence-electron chi connectivity index (χ1n) is 12.8. The van der Waals surface area contributed by atoms with Crippen molar-refractivity contribution in [1.82, 2.24) is 4.90 Å². The van der Waals surface area contributed by atoms with Gasteiger partial charge in [-0.2, -0.15) is 0 Å². The second kappa shape index (κ2) is 11.3. The van der Waals surface area contributed by atoms with E-state index in [1.165, 1.54) is 41.3 Å². The van der Waals surface area contributed by atoms with Crippen LogP contribution in [0.4, 0.5) is 25.0 Å². The number of urea groups is 1. The minimum atomic E-state index is -1.32. The van der Waals surface area contributed by atoms with Gasteiger partial charge in [0.15, 0.2) is 0 Å². The average molecular weight is 514 g/mol. The van der Waals surface area contributed by atoms with E-state index in [1.54, 1.807) is 29.0 Å². The molecule has 198 valence electrons. The highest BCUT2D eigenvalue weighted by Crippen LogP contribution is 2.38. The molecule has 1 saturated carbocycles. The van der Waals surface area contributed by atoms with Gasteiger partial charge in [-0.15, -0.1) is 0 Å². The van der Waals surface area contributed by atoms with E-state index >= 15 is 0 Å². The summed E-state index contributed by atoms with van der Waals surface area (Å²) in [6, 6.07) is 11.0. The van der Waals surface area contributed by atoms with Crippen molar-refractivity contribution in [2.24, 2.45) is 5.41 Å². The van der Waals surface area contributed by atoms with Crippen LogP contribution in [0.2, 0.25) is 0 Å². The molecular formula is C28H33F2N3O4. The van der Waals surface area contributed by atoms with Crippen LogP contribution in [-0.4, -0.2) is 54.1 Å². The summed E-state index contributed by atoms with van der Waals surface area (Å²) in [6.07, 6.45) is 4.62. The minimum absolute atomic E-state index is 0.0973. The quantitative estimate of drug-likeness (QED) is 0.558. The van der Waals surface area contributed by atoms with Gasteiger partial charge >= 0.3 is 12.0 Å². The van der Waals surface area contributed by atoms with Crippen LogP contribution in [0, 0.1) is 17.0 Å². The van der Waals surface area contributed by atoms with E-state index in [4.69, 9.17) is 0 Å². The summed E-state index contributed by atoms with van der Waals surface area (Å²) in [4.78, 5) is 43.7. The highest BCUT2D eigenvalue weighted by molar-refractivity contribution is 5.97. The number of likely N-dealkylation sites (tertiary alicyclic amines) is 1. The SMILES string of the molecule is CN(C(=O)N1CCC(CC(=O)N(c2cccc(F)c2)C2CCCCC2)(C(=O)O)CC1)c1ccc(F)cc1. The number of carboxylic acid groups (broad SMARTS) is 1. The van der Waals surface area contributed by atoms with Crippen molar-refractivity contribution >= 4 is 29.3 Å². The van der Waals surface area contributed by atoms with Crippen molar-refractivity contribution in [2.75, 3.05) is 29.9 Å². The number of rotatable bonds is 6. The smallest absolute Gasteiger partial charge is 0.324 e. The molecule has 1 N–H and O–H groups in total. The van der Waals surface area contributed by atoms with Gasteiger partial charge in [0.2, 0.25) is 5.91 Å². The van der Waals surface area contributed by atoms with E-state index in [9.17, 15) is 28.3 Å². The number of hydrogen-bond acceptors (Lipinski definition) is 3. The van der Waals surface area contributed by atoms with Crippen molar-refractivity contribution in [3.05, 3.63) is 60.2 Å². The number of benzene rings is 2. The molecule has 0 aromatic heterocycles. The van der Waals surface area contributed by atoms with Gasteiger partial charge in [0, 0.05) is 44.0 Å². The Morgan fingerprint density at radius 2 is 1.59 bits per heavy atom. The molecule has 37 heavy (non-hydrogen) atoms. The fourth-order valence-electron chi connectivity index (χ4n) is 5.48. The fourth-order valence-corrected chi connectivity index (χ4v) is 5.48. The van der Waals surface area contributed by atoms with Gasteiger partial charge < -0.3 is 14.9 Å². The summed E-state index contributed by atoms with van der Waals surface area (Å²) in [5.41, 5.74) is -0.344. The van der Waals surface area contributed by atoms with Crippen LogP contribution in [0.5, 0.6) is 0 Å². The number of halogens is 2. The molecule has 0 radical (unpaired) electrons. The predicted octanol–water partition coefficient (Wildman–Crippen LogP) is 5.44. The highest BCUT2D eigenvalue weighted by atomic mass is 19.1. The lowest BCUT2D eigenvalue weighted by atomic mass is 9.75. The van der Waals surface area contributed by atoms with E-state index in [-0.39, 0.29) is 50.3 Å². The summed E-state index contributed by atoms with van der Waals surface area (Å²) in [5, 5.41) is 10.2. The van der Waals surface area contributed by atoms with E-state index in [1.807, 2.05) is 0 Å². The van der Waals surface area contributed by atoms with Crippen LogP contribution in [0.1, 0.15) is 51.4 Å². The van der Waals surface area contributed by atoms with E-state index in [2.05, 4.69) is 0 Å². The van der Waals surface area contributed by atoms with Crippen LogP contribution < -0.4 is 9.80 Å². The Hall–Kier alpha value is -3.49. The number of piperidine rings is 1. The van der Waals surface area contributed by atoms with Crippen LogP contribution in [0.15, 0.2) is 48.5 Å². The first-order chi connectivity index (χ1) is 17.7. The number of amides is 3. The lowest BCUT2D eigenvalue weighted by Crippen LogP contribution is -2.52. The lowest BCUT2D eigenvalue weighted by molar-refractivity contribution is -0.154. The van der Waals surface area contributed by atoms with Gasteiger partial charge in [-0.3, -0.25) is 14.5 Å². The molecule has 1 aliphatic carbocycles. The van der Waals surface area contributed by atoms with Crippen molar-refractivity contribution in [2.45, 2.75) is 57.4 Å². The van der Waals surface area contributed by atoms with Gasteiger partial charge in [-0.05, 0) is 68.1 Å². The Kier molecular flexibility index (Phi) is 8.10. The number of carbonyl (C=O) groups excluding carboxylic acids is 2. The van der Waals surface area contributed by atoms with Crippen LogP contribution >= 0.6 is 0 Å². The molecule has 1 heterocycles. The van der Waals surface area contributed by atoms with Crippen molar-refractivity contribution < 1.29 is 28.3 Å². The van der Waals surface area contributed by atoms with Gasteiger partial charge in [-0.1, -0.05) is 25.3 Å². The second-order valence-electron chi connectivity index (χ2n) is 10.1. The van der Waals surface area contributed by atoms with Crippen LogP contribution in [0.3, 0.4) is 0 Å². The number of nitrogens with zero attached hydrogens (tertiary/aromatic N) is 3. The summed E-state index contributed by atoms with van der Waals surface area (Å²) in [6.45, 7) is 0.348. The van der Waals surface area contributed by atoms with Crippen LogP contribution in [-0.2, 0) is 9.59 Å². The normalized spacial score (nSPS) is 17.8. The third-order valence-electron chi connectivity index (χ3n) is 7.73. The summed E-state index contributed by atoms with van der Waals surface area (Å²) in [7, 11) is 1.58. The maximum Gasteiger partial charge on any atom is 0.324 e. The molecule has 2 aliphatic rings. The maximum absolute atomic E-state index is 14.1. The molecule has 0 spiro atoms. The first kappa shape index (κ1) is 26.6. The fraction of sp³-hybridized carbons (Fsp3) is 0.464. The zero-order valence-electron chi connectivity index (χ0n) is 21.0. The van der Waals surface area contributed by atoms with E-state index in [0.717, 1.165) is 32.1 Å². The molecular weight excluding hydrogens is 480 g/mol. The molecule has 3 amide bonds. The van der Waals surface area contributed by atoms with Crippen LogP contribution in [0.25, 0.3) is 0 Å². The zero-order chi connectivity index (χ0) is 26.6. The number of carboxylic acids is 1. The van der Waals surface area contributed by atoms with Gasteiger partial charge in [0.1, 0.15) is 11.6 Å². The van der Waals surface area contributed by atoms with Gasteiger partial charge in [0.05, 0.1) is 5.41 Å². The molecule has 0 bridgehead atoms. The molecule has 7 nitrogen and oxygen atoms in total. The lowest BCUT2D eigenvalue weighted by Gasteiger charge is -2.41. The van der Waals surface area contributed by atoms with Gasteiger partial charge in [-0.25, -0.2) is 13.6 Å². The zero-order valence-corrected chi connectivity index (χ0v) is 21.0. The standard InChI is InChI=1S/C28H33F2N3O4/c1-31(22-12-10-20(29)11-13-22)27(37)32-16-14-28(15-17-32,26(35)36)19-25(34)33(23-7-3-2-4-8-23)24-9-5-6-21(30)18-24/h5-6,9-13,18,23H,2-4,7-8,14-17,19H2,1H3,(H,35,36). The average Bonchev–Trinajstić information content (AvgIpc) is 2.89. The summed E-state index contributed by atoms with van der Waals surface area (Å²) in [5.74, 6) is -2.25. The topological polar surface area (TPSA) is 81.2 Å². The first-order valence-corrected chi connectivity index (χ1v) is 12.8. The Morgan fingerprint density at radius 3 is 2.19 bits per heavy atom. The predicted molar refractivity (Wildman–Crippen MR) is 136 cm³/mol. The third kappa shape index (κ3) is 5.92. The number of anilines is 2. The molecule has 2 aromatic carbocycles. The Labute approximate surface area is 215 Å². The largest absolute Gasteiger partial charge is 0.481 e. The molecule has 2 fully saturated rings. The second-order valence-corrected chi connectivity index (χ2v) is 10.1. The third-order valence-corrected chi connectivity index (χ3v) is 7.73. The van der Waals surface area contributed by atoms with Gasteiger partial charge in [0.25, 0.3) is 0 Å². The monoisotopic (exact) mass is 513 g/mol. The molecule has 4 rings (SSSR count). The summed E-state index contributed by atoms with van der Waals surface area (Å²) < 4.78 is 27.3. The van der Waals surface area contributed by atoms with Crippen molar-refractivity contribution in [1.29, 1.82) is 0 Å². The molecule has 2 aromatic rings. The molecule has 0 unspecified atom stereocenters. The highest BCUT2D eigenvalue weighted by Gasteiger charge is 2.46. The molecule has 1 aliphatic heterocycles. The molecule has 0 atom stereocenters. The maximum atomic E-state index is 14.1. The van der Waals surface area contributed by atoms with E-state index < -0.39 is 23.0 Å². The molecule has 9 heteroatoms. The number of carbonyl (C=O) groups is 3. The molecule has 1 saturated heterocycles. The number of aliphatic carboxylic acids is 1. The minimum Gasteiger partial charge on any atom is -0.481 e. The Balaban J connectivity index is 1.49. The Bertz CT molecular complexity index is 1130. The van der Waals surface area contributed by atoms with Crippen molar-refractivity contribution in [3.63, 3.8) is 0 Å². The Morgan fingerprint density at radius 1 is 0.946 bits per heavy atom. The van der Waals surface area contributed by atoms with Crippen molar-refractivity contribution in [3.8, 4) is 0 Å². The summed E-state index contributed by atoms with van der Waals surface area (Å²) >= 11 is 0.